The maximum atomic E-state index is 13.1. The zero-order chi connectivity index (χ0) is 22.9. The number of hydrogen-bond acceptors (Lipinski definition) is 8. The summed E-state index contributed by atoms with van der Waals surface area (Å²) in [4.78, 5) is 21.8. The Hall–Kier alpha value is -3.11. The van der Waals surface area contributed by atoms with Gasteiger partial charge in [-0.25, -0.2) is 4.98 Å². The normalized spacial score (nSPS) is 19.5. The standard InChI is InChI=1S/C24H27N5O4S/c30-23(20-14-19(26-27-20)16-1-2-21-22(13-16)32-15-31-21)29-8-3-17(4-9-29)28-10-5-18(6-11-28)33-24-25-7-12-34-24/h1-2,7,12-14,17-18H,3-6,8-11,15H2,(H,26,27). The first-order valence-electron chi connectivity index (χ1n) is 11.8. The van der Waals surface area contributed by atoms with E-state index in [1.165, 1.54) is 0 Å². The first kappa shape index (κ1) is 21.4. The molecule has 34 heavy (non-hydrogen) atoms. The number of thiazole rings is 1. The number of aromatic amines is 1. The van der Waals surface area contributed by atoms with Gasteiger partial charge in [0.1, 0.15) is 11.8 Å². The van der Waals surface area contributed by atoms with Gasteiger partial charge in [-0.1, -0.05) is 11.3 Å². The van der Waals surface area contributed by atoms with Crippen LogP contribution in [0.4, 0.5) is 0 Å². The number of H-pyrrole nitrogens is 1. The van der Waals surface area contributed by atoms with Gasteiger partial charge < -0.3 is 19.1 Å². The summed E-state index contributed by atoms with van der Waals surface area (Å²) in [5.41, 5.74) is 2.13. The van der Waals surface area contributed by atoms with E-state index in [1.54, 1.807) is 17.5 Å². The molecule has 0 spiro atoms. The third-order valence-corrected chi connectivity index (χ3v) is 7.56. The van der Waals surface area contributed by atoms with Crippen molar-refractivity contribution in [3.05, 3.63) is 41.5 Å². The molecule has 9 nitrogen and oxygen atoms in total. The average Bonchev–Trinajstić information content (AvgIpc) is 3.66. The van der Waals surface area contributed by atoms with E-state index in [9.17, 15) is 4.79 Å². The predicted octanol–water partition coefficient (Wildman–Crippen LogP) is 3.41. The minimum Gasteiger partial charge on any atom is -0.467 e. The first-order valence-corrected chi connectivity index (χ1v) is 12.7. The molecule has 2 saturated heterocycles. The number of nitrogens with one attached hydrogen (secondary N) is 1. The number of benzene rings is 1. The smallest absolute Gasteiger partial charge is 0.273 e. The van der Waals surface area contributed by atoms with Crippen LogP contribution in [-0.4, -0.2) is 76.0 Å². The highest BCUT2D eigenvalue weighted by Crippen LogP contribution is 2.35. The van der Waals surface area contributed by atoms with Gasteiger partial charge in [0.05, 0.1) is 5.69 Å². The molecule has 1 amide bonds. The number of piperidine rings is 2. The Labute approximate surface area is 201 Å². The molecule has 2 aromatic heterocycles. The molecule has 3 aromatic rings. The van der Waals surface area contributed by atoms with Crippen LogP contribution in [-0.2, 0) is 0 Å². The van der Waals surface area contributed by atoms with E-state index in [-0.39, 0.29) is 18.8 Å². The molecular formula is C24H27N5O4S. The molecule has 0 saturated carbocycles. The molecule has 0 bridgehead atoms. The second-order valence-electron chi connectivity index (χ2n) is 8.91. The van der Waals surface area contributed by atoms with Gasteiger partial charge in [0, 0.05) is 49.4 Å². The highest BCUT2D eigenvalue weighted by atomic mass is 32.1. The summed E-state index contributed by atoms with van der Waals surface area (Å²) >= 11 is 1.55. The number of nitrogens with zero attached hydrogens (tertiary/aromatic N) is 4. The van der Waals surface area contributed by atoms with Crippen molar-refractivity contribution in [2.45, 2.75) is 37.8 Å². The number of likely N-dealkylation sites (tertiary alicyclic amines) is 2. The van der Waals surface area contributed by atoms with Crippen LogP contribution in [0.25, 0.3) is 11.3 Å². The Morgan fingerprint density at radius 2 is 1.88 bits per heavy atom. The van der Waals surface area contributed by atoms with Crippen molar-refractivity contribution in [1.82, 2.24) is 25.0 Å². The molecule has 6 rings (SSSR count). The Balaban J connectivity index is 1.01. The minimum absolute atomic E-state index is 0.00787. The van der Waals surface area contributed by atoms with E-state index in [0.29, 0.717) is 17.5 Å². The summed E-state index contributed by atoms with van der Waals surface area (Å²) in [5.74, 6) is 1.44. The van der Waals surface area contributed by atoms with Crippen molar-refractivity contribution in [2.75, 3.05) is 33.0 Å². The zero-order valence-corrected chi connectivity index (χ0v) is 19.6. The second-order valence-corrected chi connectivity index (χ2v) is 9.77. The molecule has 0 aliphatic carbocycles. The molecule has 178 valence electrons. The van der Waals surface area contributed by atoms with Crippen LogP contribution in [0.5, 0.6) is 16.7 Å². The molecule has 0 atom stereocenters. The molecule has 3 aliphatic heterocycles. The summed E-state index contributed by atoms with van der Waals surface area (Å²) in [6.45, 7) is 3.83. The average molecular weight is 482 g/mol. The lowest BCUT2D eigenvalue weighted by molar-refractivity contribution is 0.0422. The number of carbonyl (C=O) groups excluding carboxylic acids is 1. The quantitative estimate of drug-likeness (QED) is 0.597. The number of aromatic nitrogens is 3. The van der Waals surface area contributed by atoms with Crippen LogP contribution in [0, 0.1) is 0 Å². The molecule has 1 N–H and O–H groups in total. The lowest BCUT2D eigenvalue weighted by atomic mass is 9.98. The van der Waals surface area contributed by atoms with Crippen molar-refractivity contribution in [2.24, 2.45) is 0 Å². The molecule has 2 fully saturated rings. The monoisotopic (exact) mass is 481 g/mol. The number of fused-ring (bicyclic) bond motifs is 1. The fraction of sp³-hybridized carbons (Fsp3) is 0.458. The largest absolute Gasteiger partial charge is 0.467 e. The van der Waals surface area contributed by atoms with E-state index in [4.69, 9.17) is 14.2 Å². The van der Waals surface area contributed by atoms with Crippen molar-refractivity contribution < 1.29 is 19.0 Å². The molecule has 3 aliphatic rings. The van der Waals surface area contributed by atoms with E-state index < -0.39 is 0 Å². The SMILES string of the molecule is O=C(c1cc(-c2ccc3c(c2)OCO3)n[nH]1)N1CCC(N2CCC(Oc3nccs3)CC2)CC1. The fourth-order valence-corrected chi connectivity index (χ4v) is 5.56. The van der Waals surface area contributed by atoms with Crippen LogP contribution < -0.4 is 14.2 Å². The minimum atomic E-state index is 0.00787. The topological polar surface area (TPSA) is 92.8 Å². The van der Waals surface area contributed by atoms with E-state index in [2.05, 4.69) is 20.1 Å². The van der Waals surface area contributed by atoms with Crippen molar-refractivity contribution in [1.29, 1.82) is 0 Å². The van der Waals surface area contributed by atoms with Gasteiger partial charge in [-0.05, 0) is 49.9 Å². The molecule has 0 radical (unpaired) electrons. The van der Waals surface area contributed by atoms with Crippen molar-refractivity contribution >= 4 is 17.2 Å². The van der Waals surface area contributed by atoms with E-state index in [1.807, 2.05) is 34.5 Å². The van der Waals surface area contributed by atoms with Crippen LogP contribution in [0.2, 0.25) is 0 Å². The van der Waals surface area contributed by atoms with Gasteiger partial charge >= 0.3 is 0 Å². The second kappa shape index (κ2) is 9.27. The highest BCUT2D eigenvalue weighted by Gasteiger charge is 2.31. The van der Waals surface area contributed by atoms with Crippen LogP contribution in [0.1, 0.15) is 36.2 Å². The maximum absolute atomic E-state index is 13.1. The van der Waals surface area contributed by atoms with Gasteiger partial charge in [0.25, 0.3) is 11.1 Å². The fourth-order valence-electron chi connectivity index (χ4n) is 5.01. The number of hydrogen-bond donors (Lipinski definition) is 1. The van der Waals surface area contributed by atoms with Gasteiger partial charge in [0.15, 0.2) is 11.5 Å². The number of carbonyl (C=O) groups is 1. The first-order chi connectivity index (χ1) is 16.7. The van der Waals surface area contributed by atoms with Crippen LogP contribution in [0.15, 0.2) is 35.8 Å². The number of amides is 1. The van der Waals surface area contributed by atoms with Gasteiger partial charge in [0.2, 0.25) is 6.79 Å². The summed E-state index contributed by atoms with van der Waals surface area (Å²) in [7, 11) is 0. The maximum Gasteiger partial charge on any atom is 0.273 e. The molecule has 0 unspecified atom stereocenters. The summed E-state index contributed by atoms with van der Waals surface area (Å²) in [6, 6.07) is 8.03. The number of rotatable bonds is 5. The van der Waals surface area contributed by atoms with Crippen LogP contribution >= 0.6 is 11.3 Å². The number of ether oxygens (including phenoxy) is 3. The summed E-state index contributed by atoms with van der Waals surface area (Å²) in [6.07, 6.45) is 6.07. The third-order valence-electron chi connectivity index (χ3n) is 6.90. The predicted molar refractivity (Wildman–Crippen MR) is 126 cm³/mol. The summed E-state index contributed by atoms with van der Waals surface area (Å²) in [5, 5.41) is 10.00. The molecule has 1 aromatic carbocycles. The zero-order valence-electron chi connectivity index (χ0n) is 18.8. The van der Waals surface area contributed by atoms with Gasteiger partial charge in [-0.2, -0.15) is 5.10 Å². The lowest BCUT2D eigenvalue weighted by Crippen LogP contribution is -2.50. The van der Waals surface area contributed by atoms with Crippen LogP contribution in [0.3, 0.4) is 0 Å². The van der Waals surface area contributed by atoms with Crippen molar-refractivity contribution in [3.63, 3.8) is 0 Å². The molecular weight excluding hydrogens is 454 g/mol. The van der Waals surface area contributed by atoms with E-state index >= 15 is 0 Å². The summed E-state index contributed by atoms with van der Waals surface area (Å²) < 4.78 is 16.8. The Bertz CT molecular complexity index is 1130. The van der Waals surface area contributed by atoms with E-state index in [0.717, 1.165) is 74.1 Å². The Morgan fingerprint density at radius 1 is 1.06 bits per heavy atom. The highest BCUT2D eigenvalue weighted by molar-refractivity contribution is 7.11. The Morgan fingerprint density at radius 3 is 2.68 bits per heavy atom. The van der Waals surface area contributed by atoms with Gasteiger partial charge in [-0.3, -0.25) is 14.8 Å². The van der Waals surface area contributed by atoms with Gasteiger partial charge in [-0.15, -0.1) is 0 Å². The molecule has 10 heteroatoms. The van der Waals surface area contributed by atoms with Crippen molar-refractivity contribution in [3.8, 4) is 28.0 Å². The third kappa shape index (κ3) is 4.35. The molecule has 5 heterocycles. The Kier molecular flexibility index (Phi) is 5.84. The lowest BCUT2D eigenvalue weighted by Gasteiger charge is -2.41.